The minimum atomic E-state index is -0.291. The number of amidine groups is 1. The van der Waals surface area contributed by atoms with E-state index in [0.29, 0.717) is 28.0 Å². The highest BCUT2D eigenvalue weighted by Crippen LogP contribution is 2.29. The molecule has 7 heteroatoms. The molecule has 0 saturated carbocycles. The number of carbonyl (C=O) groups excluding carboxylic acids is 1. The number of carbonyl (C=O) groups is 1. The molecule has 5 nitrogen and oxygen atoms in total. The Kier molecular flexibility index (Phi) is 6.87. The average Bonchev–Trinajstić information content (AvgIpc) is 3.14. The lowest BCUT2D eigenvalue weighted by molar-refractivity contribution is -0.115. The number of nitrogens with zero attached hydrogens (tertiary/aromatic N) is 1. The summed E-state index contributed by atoms with van der Waals surface area (Å²) in [5.41, 5.74) is 2.08. The van der Waals surface area contributed by atoms with E-state index in [1.807, 2.05) is 43.3 Å². The summed E-state index contributed by atoms with van der Waals surface area (Å²) in [6.07, 6.45) is 1.79. The van der Waals surface area contributed by atoms with Crippen molar-refractivity contribution in [3.8, 4) is 11.5 Å². The van der Waals surface area contributed by atoms with Crippen LogP contribution in [0.25, 0.3) is 6.08 Å². The number of benzene rings is 3. The molecule has 32 heavy (non-hydrogen) atoms. The molecule has 1 fully saturated rings. The molecule has 3 aromatic carbocycles. The predicted molar refractivity (Wildman–Crippen MR) is 126 cm³/mol. The van der Waals surface area contributed by atoms with Gasteiger partial charge in [0.2, 0.25) is 0 Å². The number of ether oxygens (including phenoxy) is 2. The summed E-state index contributed by atoms with van der Waals surface area (Å²) in [6.45, 7) is 2.68. The number of halogens is 1. The number of hydrogen-bond donors (Lipinski definition) is 1. The zero-order valence-corrected chi connectivity index (χ0v) is 18.2. The Labute approximate surface area is 190 Å². The van der Waals surface area contributed by atoms with Gasteiger partial charge < -0.3 is 14.8 Å². The molecule has 162 valence electrons. The molecule has 0 unspecified atom stereocenters. The van der Waals surface area contributed by atoms with Gasteiger partial charge in [0.1, 0.15) is 23.9 Å². The Bertz CT molecular complexity index is 1160. The Morgan fingerprint density at radius 1 is 0.969 bits per heavy atom. The molecule has 4 rings (SSSR count). The van der Waals surface area contributed by atoms with Gasteiger partial charge in [-0.3, -0.25) is 4.79 Å². The lowest BCUT2D eigenvalue weighted by Gasteiger charge is -2.07. The second kappa shape index (κ2) is 10.2. The van der Waals surface area contributed by atoms with Crippen LogP contribution >= 0.6 is 11.8 Å². The van der Waals surface area contributed by atoms with E-state index < -0.39 is 0 Å². The first-order chi connectivity index (χ1) is 15.6. The summed E-state index contributed by atoms with van der Waals surface area (Å²) in [5.74, 6) is 0.915. The molecule has 3 aromatic rings. The van der Waals surface area contributed by atoms with Crippen molar-refractivity contribution in [2.45, 2.75) is 13.5 Å². The van der Waals surface area contributed by atoms with Crippen molar-refractivity contribution in [3.63, 3.8) is 0 Å². The number of rotatable bonds is 7. The SMILES string of the molecule is CCOc1ccc(N=C2NC(=O)/C(=C\c3ccc(OCc4ccccc4F)cc3)S2)cc1. The van der Waals surface area contributed by atoms with Crippen LogP contribution in [0, 0.1) is 5.82 Å². The molecule has 1 amide bonds. The lowest BCUT2D eigenvalue weighted by atomic mass is 10.2. The van der Waals surface area contributed by atoms with Crippen LogP contribution < -0.4 is 14.8 Å². The van der Waals surface area contributed by atoms with Crippen LogP contribution in [-0.2, 0) is 11.4 Å². The third-order valence-electron chi connectivity index (χ3n) is 4.56. The summed E-state index contributed by atoms with van der Waals surface area (Å²) in [6, 6.07) is 21.2. The molecule has 0 aromatic heterocycles. The highest BCUT2D eigenvalue weighted by atomic mass is 32.2. The van der Waals surface area contributed by atoms with Crippen LogP contribution in [0.2, 0.25) is 0 Å². The molecule has 1 saturated heterocycles. The highest BCUT2D eigenvalue weighted by molar-refractivity contribution is 8.18. The fourth-order valence-electron chi connectivity index (χ4n) is 2.97. The average molecular weight is 449 g/mol. The van der Waals surface area contributed by atoms with E-state index in [9.17, 15) is 9.18 Å². The number of nitrogens with one attached hydrogen (secondary N) is 1. The van der Waals surface area contributed by atoms with Crippen LogP contribution in [0.1, 0.15) is 18.1 Å². The van der Waals surface area contributed by atoms with Crippen molar-refractivity contribution < 1.29 is 18.7 Å². The van der Waals surface area contributed by atoms with Crippen LogP contribution in [-0.4, -0.2) is 17.7 Å². The molecule has 1 N–H and O–H groups in total. The van der Waals surface area contributed by atoms with E-state index in [1.165, 1.54) is 17.8 Å². The lowest BCUT2D eigenvalue weighted by Crippen LogP contribution is -2.19. The van der Waals surface area contributed by atoms with Gasteiger partial charge in [-0.1, -0.05) is 30.3 Å². The predicted octanol–water partition coefficient (Wildman–Crippen LogP) is 5.70. The Morgan fingerprint density at radius 3 is 2.38 bits per heavy atom. The smallest absolute Gasteiger partial charge is 0.264 e. The monoisotopic (exact) mass is 448 g/mol. The van der Waals surface area contributed by atoms with Gasteiger partial charge in [-0.05, 0) is 72.8 Å². The van der Waals surface area contributed by atoms with Crippen molar-refractivity contribution >= 4 is 34.6 Å². The first-order valence-corrected chi connectivity index (χ1v) is 10.9. The summed E-state index contributed by atoms with van der Waals surface area (Å²) < 4.78 is 24.8. The molecule has 0 bridgehead atoms. The van der Waals surface area contributed by atoms with E-state index in [2.05, 4.69) is 10.3 Å². The zero-order valence-electron chi connectivity index (χ0n) is 17.4. The molecule has 0 spiro atoms. The maximum atomic E-state index is 13.7. The van der Waals surface area contributed by atoms with Crippen LogP contribution in [0.5, 0.6) is 11.5 Å². The third-order valence-corrected chi connectivity index (χ3v) is 5.47. The number of aliphatic imine (C=N–C) groups is 1. The topological polar surface area (TPSA) is 59.9 Å². The molecular weight excluding hydrogens is 427 g/mol. The molecule has 1 aliphatic heterocycles. The normalized spacial score (nSPS) is 15.8. The minimum absolute atomic E-state index is 0.150. The quantitative estimate of drug-likeness (QED) is 0.472. The Balaban J connectivity index is 1.39. The maximum absolute atomic E-state index is 13.7. The van der Waals surface area contributed by atoms with Gasteiger partial charge in [-0.25, -0.2) is 9.38 Å². The summed E-state index contributed by atoms with van der Waals surface area (Å²) in [5, 5.41) is 3.31. The van der Waals surface area contributed by atoms with Gasteiger partial charge in [-0.15, -0.1) is 0 Å². The first kappa shape index (κ1) is 21.6. The van der Waals surface area contributed by atoms with Gasteiger partial charge >= 0.3 is 0 Å². The van der Waals surface area contributed by atoms with Crippen molar-refractivity contribution in [1.82, 2.24) is 5.32 Å². The summed E-state index contributed by atoms with van der Waals surface area (Å²) >= 11 is 1.28. The van der Waals surface area contributed by atoms with Gasteiger partial charge in [0.25, 0.3) is 5.91 Å². The van der Waals surface area contributed by atoms with Crippen LogP contribution in [0.3, 0.4) is 0 Å². The Hall–Kier alpha value is -3.58. The van der Waals surface area contributed by atoms with Crippen molar-refractivity contribution in [2.75, 3.05) is 6.61 Å². The van der Waals surface area contributed by atoms with Gasteiger partial charge in [0, 0.05) is 5.56 Å². The van der Waals surface area contributed by atoms with Gasteiger partial charge in [0.05, 0.1) is 17.2 Å². The minimum Gasteiger partial charge on any atom is -0.494 e. The largest absolute Gasteiger partial charge is 0.494 e. The van der Waals surface area contributed by atoms with Crippen molar-refractivity contribution in [2.24, 2.45) is 4.99 Å². The number of thioether (sulfide) groups is 1. The number of hydrogen-bond acceptors (Lipinski definition) is 5. The van der Waals surface area contributed by atoms with E-state index in [-0.39, 0.29) is 18.3 Å². The van der Waals surface area contributed by atoms with E-state index >= 15 is 0 Å². The highest BCUT2D eigenvalue weighted by Gasteiger charge is 2.23. The van der Waals surface area contributed by atoms with Crippen molar-refractivity contribution in [3.05, 3.63) is 94.6 Å². The van der Waals surface area contributed by atoms with E-state index in [1.54, 1.807) is 36.4 Å². The fourth-order valence-corrected chi connectivity index (χ4v) is 3.81. The van der Waals surface area contributed by atoms with E-state index in [0.717, 1.165) is 17.0 Å². The molecule has 1 heterocycles. The molecule has 1 aliphatic rings. The van der Waals surface area contributed by atoms with Gasteiger partial charge in [0.15, 0.2) is 5.17 Å². The van der Waals surface area contributed by atoms with Crippen LogP contribution in [0.4, 0.5) is 10.1 Å². The maximum Gasteiger partial charge on any atom is 0.264 e. The Morgan fingerprint density at radius 2 is 1.66 bits per heavy atom. The zero-order chi connectivity index (χ0) is 22.3. The molecule has 0 atom stereocenters. The molecule has 0 radical (unpaired) electrons. The van der Waals surface area contributed by atoms with E-state index in [4.69, 9.17) is 9.47 Å². The first-order valence-electron chi connectivity index (χ1n) is 10.1. The number of amides is 1. The van der Waals surface area contributed by atoms with Gasteiger partial charge in [-0.2, -0.15) is 0 Å². The second-order valence-electron chi connectivity index (χ2n) is 6.86. The second-order valence-corrected chi connectivity index (χ2v) is 7.89. The summed E-state index contributed by atoms with van der Waals surface area (Å²) in [7, 11) is 0. The molecule has 0 aliphatic carbocycles. The van der Waals surface area contributed by atoms with Crippen molar-refractivity contribution in [1.29, 1.82) is 0 Å². The molecular formula is C25H21FN2O3S. The third kappa shape index (κ3) is 5.56. The standard InChI is InChI=1S/C25H21FN2O3S/c1-2-30-20-13-9-19(10-14-20)27-25-28-24(29)23(32-25)15-17-7-11-21(12-8-17)31-16-18-5-3-4-6-22(18)26/h3-15H,2,16H2,1H3,(H,27,28,29)/b23-15+. The fraction of sp³-hybridized carbons (Fsp3) is 0.120. The summed E-state index contributed by atoms with van der Waals surface area (Å²) in [4.78, 5) is 17.3. The van der Waals surface area contributed by atoms with Crippen LogP contribution in [0.15, 0.2) is 82.7 Å².